The zero-order valence-corrected chi connectivity index (χ0v) is 19.6. The Balaban J connectivity index is 1.61. The standard InChI is InChI=1S/C30H35P/c1-4-14-24(15-5-1)27-20-10-11-21-28(27)29-22-12-13-23-30(29)31(25-16-6-2-7-17-25)26-18-8-3-9-19-26/h1,4-5,10-15,20-23,25-26H,2-3,6-9,16-19H2. The molecule has 0 nitrogen and oxygen atoms in total. The SMILES string of the molecule is c1ccc(-c2ccccc2-c2ccccc2P(C2CCCCC2)C2CCCCC2)cc1. The van der Waals surface area contributed by atoms with E-state index >= 15 is 0 Å². The van der Waals surface area contributed by atoms with Gasteiger partial charge in [-0.25, -0.2) is 0 Å². The predicted octanol–water partition coefficient (Wildman–Crippen LogP) is 8.79. The average Bonchev–Trinajstić information content (AvgIpc) is 2.86. The van der Waals surface area contributed by atoms with Crippen molar-refractivity contribution in [1.29, 1.82) is 0 Å². The molecule has 3 aromatic rings. The van der Waals surface area contributed by atoms with Gasteiger partial charge in [-0.1, -0.05) is 125 Å². The maximum absolute atomic E-state index is 2.51. The first kappa shape index (κ1) is 21.0. The van der Waals surface area contributed by atoms with Gasteiger partial charge in [0.1, 0.15) is 0 Å². The summed E-state index contributed by atoms with van der Waals surface area (Å²) in [5.74, 6) is 0. The minimum absolute atomic E-state index is 0.118. The first-order valence-electron chi connectivity index (χ1n) is 12.4. The molecule has 31 heavy (non-hydrogen) atoms. The molecule has 1 heteroatoms. The van der Waals surface area contributed by atoms with E-state index < -0.39 is 0 Å². The molecule has 0 bridgehead atoms. The Bertz CT molecular complexity index is 946. The van der Waals surface area contributed by atoms with Crippen LogP contribution in [-0.4, -0.2) is 11.3 Å². The summed E-state index contributed by atoms with van der Waals surface area (Å²) in [5, 5.41) is 1.69. The highest BCUT2D eigenvalue weighted by molar-refractivity contribution is 7.67. The summed E-state index contributed by atoms with van der Waals surface area (Å²) in [5.41, 5.74) is 7.48. The van der Waals surface area contributed by atoms with E-state index in [4.69, 9.17) is 0 Å². The van der Waals surface area contributed by atoms with Crippen molar-refractivity contribution in [2.75, 3.05) is 0 Å². The molecule has 0 unspecified atom stereocenters. The molecule has 160 valence electrons. The molecule has 2 aliphatic carbocycles. The summed E-state index contributed by atoms with van der Waals surface area (Å²) in [6.07, 6.45) is 14.5. The minimum atomic E-state index is -0.118. The van der Waals surface area contributed by atoms with E-state index in [1.807, 2.05) is 0 Å². The van der Waals surface area contributed by atoms with E-state index in [0.29, 0.717) is 0 Å². The Kier molecular flexibility index (Phi) is 6.86. The van der Waals surface area contributed by atoms with Gasteiger partial charge < -0.3 is 0 Å². The Morgan fingerprint density at radius 3 is 1.55 bits per heavy atom. The normalized spacial score (nSPS) is 18.4. The van der Waals surface area contributed by atoms with Gasteiger partial charge in [-0.2, -0.15) is 0 Å². The molecule has 2 fully saturated rings. The summed E-state index contributed by atoms with van der Waals surface area (Å²) in [4.78, 5) is 0. The van der Waals surface area contributed by atoms with Crippen LogP contribution < -0.4 is 5.30 Å². The van der Waals surface area contributed by atoms with E-state index in [1.165, 1.54) is 86.5 Å². The summed E-state index contributed by atoms with van der Waals surface area (Å²) in [6, 6.07) is 29.5. The average molecular weight is 427 g/mol. The predicted molar refractivity (Wildman–Crippen MR) is 138 cm³/mol. The molecule has 2 aliphatic rings. The largest absolute Gasteiger partial charge is 0.0683 e. The maximum Gasteiger partial charge on any atom is -0.00990 e. The van der Waals surface area contributed by atoms with Crippen LogP contribution in [0.2, 0.25) is 0 Å². The van der Waals surface area contributed by atoms with E-state index in [9.17, 15) is 0 Å². The number of benzene rings is 3. The van der Waals surface area contributed by atoms with E-state index in [1.54, 1.807) is 5.30 Å². The van der Waals surface area contributed by atoms with Gasteiger partial charge in [0.05, 0.1) is 0 Å². The molecule has 0 N–H and O–H groups in total. The summed E-state index contributed by atoms with van der Waals surface area (Å²) in [6.45, 7) is 0. The monoisotopic (exact) mass is 426 g/mol. The molecular formula is C30H35P. The Morgan fingerprint density at radius 1 is 0.452 bits per heavy atom. The van der Waals surface area contributed by atoms with Gasteiger partial charge in [-0.05, 0) is 64.6 Å². The highest BCUT2D eigenvalue weighted by Crippen LogP contribution is 2.56. The molecule has 0 aliphatic heterocycles. The summed E-state index contributed by atoms with van der Waals surface area (Å²) in [7, 11) is -0.118. The lowest BCUT2D eigenvalue weighted by atomic mass is 9.94. The lowest BCUT2D eigenvalue weighted by Gasteiger charge is -2.39. The fraction of sp³-hybridized carbons (Fsp3) is 0.400. The molecule has 3 aromatic carbocycles. The molecule has 0 heterocycles. The maximum atomic E-state index is 2.51. The summed E-state index contributed by atoms with van der Waals surface area (Å²) < 4.78 is 0. The lowest BCUT2D eigenvalue weighted by molar-refractivity contribution is 0.487. The van der Waals surface area contributed by atoms with Crippen LogP contribution in [0.5, 0.6) is 0 Å². The van der Waals surface area contributed by atoms with E-state index in [-0.39, 0.29) is 7.92 Å². The van der Waals surface area contributed by atoms with Crippen LogP contribution in [0.1, 0.15) is 64.2 Å². The van der Waals surface area contributed by atoms with Gasteiger partial charge in [0.25, 0.3) is 0 Å². The molecule has 2 saturated carbocycles. The molecular weight excluding hydrogens is 391 g/mol. The van der Waals surface area contributed by atoms with Gasteiger partial charge in [-0.3, -0.25) is 0 Å². The second kappa shape index (κ2) is 10.1. The molecule has 5 rings (SSSR count). The lowest BCUT2D eigenvalue weighted by Crippen LogP contribution is -2.27. The van der Waals surface area contributed by atoms with Crippen LogP contribution >= 0.6 is 7.92 Å². The minimum Gasteiger partial charge on any atom is -0.0683 e. The van der Waals surface area contributed by atoms with Crippen molar-refractivity contribution in [3.05, 3.63) is 78.9 Å². The fourth-order valence-corrected chi connectivity index (χ4v) is 9.88. The highest BCUT2D eigenvalue weighted by Gasteiger charge is 2.33. The third-order valence-corrected chi connectivity index (χ3v) is 11.0. The van der Waals surface area contributed by atoms with Gasteiger partial charge in [0.2, 0.25) is 0 Å². The first-order chi connectivity index (χ1) is 15.4. The molecule has 0 saturated heterocycles. The zero-order chi connectivity index (χ0) is 20.9. The number of hydrogen-bond donors (Lipinski definition) is 0. The molecule has 0 atom stereocenters. The number of hydrogen-bond acceptors (Lipinski definition) is 0. The van der Waals surface area contributed by atoms with Crippen molar-refractivity contribution >= 4 is 13.2 Å². The van der Waals surface area contributed by atoms with Gasteiger partial charge in [-0.15, -0.1) is 0 Å². The topological polar surface area (TPSA) is 0 Å². The fourth-order valence-electron chi connectivity index (χ4n) is 5.92. The van der Waals surface area contributed by atoms with Crippen molar-refractivity contribution < 1.29 is 0 Å². The summed E-state index contributed by atoms with van der Waals surface area (Å²) >= 11 is 0. The van der Waals surface area contributed by atoms with Crippen LogP contribution in [0.4, 0.5) is 0 Å². The third-order valence-electron chi connectivity index (χ3n) is 7.42. The Labute approximate surface area is 189 Å². The van der Waals surface area contributed by atoms with Crippen LogP contribution in [0.15, 0.2) is 78.9 Å². The molecule has 0 spiro atoms. The smallest absolute Gasteiger partial charge is 0.00990 e. The van der Waals surface area contributed by atoms with Gasteiger partial charge in [0, 0.05) is 0 Å². The molecule has 0 aromatic heterocycles. The van der Waals surface area contributed by atoms with Gasteiger partial charge in [0.15, 0.2) is 0 Å². The highest BCUT2D eigenvalue weighted by atomic mass is 31.1. The van der Waals surface area contributed by atoms with Crippen LogP contribution in [0, 0.1) is 0 Å². The second-order valence-electron chi connectivity index (χ2n) is 9.42. The Hall–Kier alpha value is -1.91. The molecule has 0 radical (unpaired) electrons. The quantitative estimate of drug-likeness (QED) is 0.358. The van der Waals surface area contributed by atoms with Crippen molar-refractivity contribution in [3.63, 3.8) is 0 Å². The number of rotatable bonds is 5. The van der Waals surface area contributed by atoms with E-state index in [2.05, 4.69) is 78.9 Å². The zero-order valence-electron chi connectivity index (χ0n) is 18.7. The van der Waals surface area contributed by atoms with Crippen molar-refractivity contribution in [2.45, 2.75) is 75.5 Å². The van der Waals surface area contributed by atoms with Gasteiger partial charge >= 0.3 is 0 Å². The van der Waals surface area contributed by atoms with Crippen LogP contribution in [0.3, 0.4) is 0 Å². The van der Waals surface area contributed by atoms with Crippen LogP contribution in [0.25, 0.3) is 22.3 Å². The van der Waals surface area contributed by atoms with E-state index in [0.717, 1.165) is 11.3 Å². The third kappa shape index (κ3) is 4.65. The Morgan fingerprint density at radius 2 is 0.935 bits per heavy atom. The molecule has 0 amide bonds. The van der Waals surface area contributed by atoms with Crippen molar-refractivity contribution in [3.8, 4) is 22.3 Å². The first-order valence-corrected chi connectivity index (χ1v) is 13.9. The van der Waals surface area contributed by atoms with Crippen molar-refractivity contribution in [1.82, 2.24) is 0 Å². The van der Waals surface area contributed by atoms with Crippen molar-refractivity contribution in [2.24, 2.45) is 0 Å². The van der Waals surface area contributed by atoms with Crippen LogP contribution in [-0.2, 0) is 0 Å². The second-order valence-corrected chi connectivity index (χ2v) is 12.2.